The smallest absolute Gasteiger partial charge is 0.277 e. The van der Waals surface area contributed by atoms with E-state index < -0.39 is 10.0 Å². The lowest BCUT2D eigenvalue weighted by atomic mass is 9.96. The average molecular weight is 577 g/mol. The summed E-state index contributed by atoms with van der Waals surface area (Å²) >= 11 is 0. The molecular weight excluding hydrogens is 542 g/mol. The summed E-state index contributed by atoms with van der Waals surface area (Å²) < 4.78 is 34.4. The number of methoxy groups -OCH3 is 1. The van der Waals surface area contributed by atoms with Crippen molar-refractivity contribution in [1.29, 1.82) is 0 Å². The van der Waals surface area contributed by atoms with Gasteiger partial charge in [-0.1, -0.05) is 23.3 Å². The maximum Gasteiger partial charge on any atom is 0.277 e. The van der Waals surface area contributed by atoms with Gasteiger partial charge in [0.2, 0.25) is 15.9 Å². The summed E-state index contributed by atoms with van der Waals surface area (Å²) in [6.07, 6.45) is 11.0. The molecule has 0 radical (unpaired) electrons. The highest BCUT2D eigenvalue weighted by Crippen LogP contribution is 2.51. The van der Waals surface area contributed by atoms with E-state index in [9.17, 15) is 13.2 Å². The molecule has 12 heteroatoms. The van der Waals surface area contributed by atoms with Gasteiger partial charge in [-0.3, -0.25) is 9.52 Å². The highest BCUT2D eigenvalue weighted by Gasteiger charge is 2.45. The van der Waals surface area contributed by atoms with E-state index in [1.54, 1.807) is 22.9 Å². The van der Waals surface area contributed by atoms with Crippen molar-refractivity contribution in [2.45, 2.75) is 44.9 Å². The molecule has 2 N–H and O–H groups in total. The van der Waals surface area contributed by atoms with Crippen molar-refractivity contribution in [2.75, 3.05) is 30.5 Å². The van der Waals surface area contributed by atoms with Gasteiger partial charge in [0, 0.05) is 5.56 Å². The van der Waals surface area contributed by atoms with Crippen molar-refractivity contribution >= 4 is 39.0 Å². The van der Waals surface area contributed by atoms with Gasteiger partial charge in [-0.05, 0) is 73.4 Å². The number of carbonyl (C=O) groups excluding carboxylic acids is 1. The lowest BCUT2D eigenvalue weighted by Crippen LogP contribution is -2.44. The van der Waals surface area contributed by atoms with Crippen LogP contribution in [0, 0.1) is 12.8 Å². The number of nitrogens with zero attached hydrogens (tertiary/aromatic N) is 5. The second-order valence-corrected chi connectivity index (χ2v) is 13.4. The first-order valence-corrected chi connectivity index (χ1v) is 15.5. The number of aryl methyl sites for hydroxylation is 1. The highest BCUT2D eigenvalue weighted by atomic mass is 32.2. The Labute approximate surface area is 239 Å². The first-order valence-electron chi connectivity index (χ1n) is 13.6. The van der Waals surface area contributed by atoms with Gasteiger partial charge in [0.15, 0.2) is 5.75 Å². The molecule has 11 nitrogen and oxygen atoms in total. The van der Waals surface area contributed by atoms with Crippen molar-refractivity contribution in [1.82, 2.24) is 19.5 Å². The third-order valence-electron chi connectivity index (χ3n) is 8.20. The normalized spacial score (nSPS) is 21.0. The van der Waals surface area contributed by atoms with Gasteiger partial charge in [-0.2, -0.15) is 0 Å². The summed E-state index contributed by atoms with van der Waals surface area (Å²) in [6, 6.07) is 9.03. The van der Waals surface area contributed by atoms with E-state index in [4.69, 9.17) is 4.74 Å². The van der Waals surface area contributed by atoms with Crippen LogP contribution in [0.25, 0.3) is 5.69 Å². The van der Waals surface area contributed by atoms with Gasteiger partial charge in [0.25, 0.3) is 11.7 Å². The van der Waals surface area contributed by atoms with Crippen LogP contribution in [0.5, 0.6) is 5.75 Å². The maximum atomic E-state index is 13.6. The van der Waals surface area contributed by atoms with E-state index in [-0.39, 0.29) is 22.8 Å². The van der Waals surface area contributed by atoms with Crippen molar-refractivity contribution in [3.63, 3.8) is 0 Å². The zero-order chi connectivity index (χ0) is 29.2. The fourth-order valence-electron chi connectivity index (χ4n) is 5.28. The van der Waals surface area contributed by atoms with E-state index in [1.807, 2.05) is 37.7 Å². The Morgan fingerprint density at radius 1 is 1.17 bits per heavy atom. The molecule has 214 valence electrons. The van der Waals surface area contributed by atoms with Gasteiger partial charge < -0.3 is 10.1 Å². The van der Waals surface area contributed by atoms with Gasteiger partial charge in [-0.25, -0.2) is 22.6 Å². The minimum absolute atomic E-state index is 0.0742. The largest absolute Gasteiger partial charge is 0.492 e. The van der Waals surface area contributed by atoms with Gasteiger partial charge >= 0.3 is 0 Å². The zero-order valence-corrected chi connectivity index (χ0v) is 24.6. The lowest BCUT2D eigenvalue weighted by Gasteiger charge is -2.23. The minimum atomic E-state index is -3.57. The number of benzene rings is 2. The van der Waals surface area contributed by atoms with Crippen LogP contribution in [-0.2, 0) is 15.4 Å². The molecule has 3 aliphatic rings. The first-order chi connectivity index (χ1) is 19.4. The number of aliphatic imine (C=N–C) groups is 1. The highest BCUT2D eigenvalue weighted by molar-refractivity contribution is 7.92. The number of anilines is 2. The molecule has 41 heavy (non-hydrogen) atoms. The number of hydrogen-bond donors (Lipinski definition) is 2. The molecule has 1 unspecified atom stereocenters. The number of sulfonamides is 1. The van der Waals surface area contributed by atoms with Gasteiger partial charge in [-0.15, -0.1) is 0 Å². The molecule has 2 fully saturated rings. The van der Waals surface area contributed by atoms with Gasteiger partial charge in [0.05, 0.1) is 49.6 Å². The monoisotopic (exact) mass is 576 g/mol. The number of amides is 1. The molecule has 6 rings (SSSR count). The molecule has 2 saturated carbocycles. The summed E-state index contributed by atoms with van der Waals surface area (Å²) in [6.45, 7) is 4.07. The fourth-order valence-corrected chi connectivity index (χ4v) is 5.83. The van der Waals surface area contributed by atoms with E-state index in [0.717, 1.165) is 60.4 Å². The predicted molar refractivity (Wildman–Crippen MR) is 159 cm³/mol. The molecule has 2 aliphatic carbocycles. The number of amidine groups is 1. The van der Waals surface area contributed by atoms with Crippen molar-refractivity contribution in [2.24, 2.45) is 10.9 Å². The molecule has 2 heterocycles. The van der Waals surface area contributed by atoms with Crippen molar-refractivity contribution in [3.8, 4) is 11.4 Å². The quantitative estimate of drug-likeness (QED) is 0.362. The van der Waals surface area contributed by atoms with Gasteiger partial charge in [0.1, 0.15) is 12.4 Å². The second-order valence-electron chi connectivity index (χ2n) is 11.7. The summed E-state index contributed by atoms with van der Waals surface area (Å²) in [7, 11) is -0.0715. The van der Waals surface area contributed by atoms with Crippen molar-refractivity contribution < 1.29 is 17.9 Å². The second kappa shape index (κ2) is 9.52. The molecule has 0 spiro atoms. The van der Waals surface area contributed by atoms with E-state index in [0.29, 0.717) is 21.7 Å². The van der Waals surface area contributed by atoms with Crippen LogP contribution in [0.4, 0.5) is 17.2 Å². The number of aromatic nitrogens is 3. The van der Waals surface area contributed by atoms with Crippen LogP contribution in [0.1, 0.15) is 54.1 Å². The minimum Gasteiger partial charge on any atom is -0.492 e. The van der Waals surface area contributed by atoms with Crippen LogP contribution >= 0.6 is 0 Å². The van der Waals surface area contributed by atoms with Crippen molar-refractivity contribution in [3.05, 3.63) is 65.6 Å². The molecule has 1 aliphatic heterocycles. The van der Waals surface area contributed by atoms with Crippen LogP contribution < -0.4 is 19.3 Å². The molecule has 0 saturated heterocycles. The topological polar surface area (TPSA) is 128 Å². The standard InChI is InChI=1S/C29H33N7O4S/c1-18-6-7-20(14-24(18)35-17-25(32-34-35)36(3)13-12-30-27(36)19-8-9-19)28(37)31-22-15-21(29(2)10-11-29)16-23(26(22)40-4)33-41(5,38)39/h6-7,12-17,19,33H,8-11H2,1-5H3/p+1. The number of rotatable bonds is 9. The number of nitrogens with one attached hydrogen (secondary N) is 2. The van der Waals surface area contributed by atoms with Crippen LogP contribution in [-0.4, -0.2) is 55.6 Å². The van der Waals surface area contributed by atoms with Crippen LogP contribution in [0.3, 0.4) is 0 Å². The molecule has 3 aromatic rings. The average Bonchev–Trinajstić information content (AvgIpc) is 3.80. The fraction of sp³-hybridized carbons (Fsp3) is 0.379. The molecule has 0 bridgehead atoms. The Hall–Kier alpha value is -4.03. The molecule has 1 aromatic heterocycles. The molecule has 1 atom stereocenters. The van der Waals surface area contributed by atoms with E-state index in [1.165, 1.54) is 7.11 Å². The SMILES string of the molecule is COc1c(NC(=O)c2ccc(C)c(-n3cc([N+]4(C)C=CN=C4C4CC4)nn3)c2)cc(C2(C)CC2)cc1NS(C)(=O)=O. The third-order valence-corrected chi connectivity index (χ3v) is 8.79. The summed E-state index contributed by atoms with van der Waals surface area (Å²) in [4.78, 5) is 18.2. The Morgan fingerprint density at radius 2 is 1.90 bits per heavy atom. The number of hydrogen-bond acceptors (Lipinski definition) is 7. The molecule has 1 amide bonds. The van der Waals surface area contributed by atoms with E-state index >= 15 is 0 Å². The first kappa shape index (κ1) is 27.2. The zero-order valence-electron chi connectivity index (χ0n) is 23.8. The number of quaternary nitrogens is 1. The van der Waals surface area contributed by atoms with Crippen LogP contribution in [0.2, 0.25) is 0 Å². The Balaban J connectivity index is 1.31. The summed E-state index contributed by atoms with van der Waals surface area (Å²) in [5, 5.41) is 11.8. The van der Waals surface area contributed by atoms with Crippen LogP contribution in [0.15, 0.2) is 53.9 Å². The Morgan fingerprint density at radius 3 is 2.56 bits per heavy atom. The number of carbonyl (C=O) groups is 1. The third kappa shape index (κ3) is 5.13. The molecular formula is C29H34N7O4S+. The lowest BCUT2D eigenvalue weighted by molar-refractivity contribution is 0.102. The molecule has 2 aromatic carbocycles. The summed E-state index contributed by atoms with van der Waals surface area (Å²) in [5.41, 5.74) is 3.60. The Bertz CT molecular complexity index is 1740. The maximum absolute atomic E-state index is 13.6. The van der Waals surface area contributed by atoms with E-state index in [2.05, 4.69) is 39.3 Å². The number of ether oxygens (including phenoxy) is 1. The Kier molecular flexibility index (Phi) is 6.31. The predicted octanol–water partition coefficient (Wildman–Crippen LogP) is 4.49. The summed E-state index contributed by atoms with van der Waals surface area (Å²) in [5.74, 6) is 2.18.